The molecule has 172 valence electrons. The van der Waals surface area contributed by atoms with Crippen LogP contribution < -0.4 is 9.47 Å². The molecule has 4 heterocycles. The van der Waals surface area contributed by atoms with Crippen LogP contribution in [-0.4, -0.2) is 48.8 Å². The van der Waals surface area contributed by atoms with Gasteiger partial charge < -0.3 is 29.0 Å². The number of amides is 1. The summed E-state index contributed by atoms with van der Waals surface area (Å²) in [5.74, 6) is 0.797. The molecule has 2 N–H and O–H groups in total. The molecule has 0 radical (unpaired) electrons. The van der Waals surface area contributed by atoms with E-state index in [0.717, 1.165) is 11.4 Å². The quantitative estimate of drug-likeness (QED) is 0.575. The molecule has 3 aromatic rings. The van der Waals surface area contributed by atoms with Crippen molar-refractivity contribution in [1.29, 1.82) is 0 Å². The summed E-state index contributed by atoms with van der Waals surface area (Å²) in [4.78, 5) is 38.1. The molecule has 11 nitrogen and oxygen atoms in total. The Morgan fingerprint density at radius 2 is 2.06 bits per heavy atom. The lowest BCUT2D eigenvalue weighted by Crippen LogP contribution is -2.41. The van der Waals surface area contributed by atoms with Gasteiger partial charge in [-0.05, 0) is 23.6 Å². The van der Waals surface area contributed by atoms with E-state index in [0.29, 0.717) is 41.7 Å². The first-order valence-electron chi connectivity index (χ1n) is 10.5. The lowest BCUT2D eigenvalue weighted by Gasteiger charge is -2.35. The molecule has 5 rings (SSSR count). The van der Waals surface area contributed by atoms with Gasteiger partial charge in [0.15, 0.2) is 11.5 Å². The van der Waals surface area contributed by atoms with Crippen LogP contribution in [-0.2, 0) is 22.6 Å². The van der Waals surface area contributed by atoms with Crippen molar-refractivity contribution in [2.75, 3.05) is 6.79 Å². The van der Waals surface area contributed by atoms with Crippen LogP contribution in [0, 0.1) is 5.41 Å². The van der Waals surface area contributed by atoms with Gasteiger partial charge in [-0.2, -0.15) is 4.98 Å². The van der Waals surface area contributed by atoms with E-state index in [1.165, 1.54) is 0 Å². The minimum atomic E-state index is -0.941. The largest absolute Gasteiger partial charge is 0.481 e. The van der Waals surface area contributed by atoms with E-state index in [9.17, 15) is 14.7 Å². The van der Waals surface area contributed by atoms with Crippen LogP contribution in [0.5, 0.6) is 11.5 Å². The third kappa shape index (κ3) is 4.13. The Labute approximate surface area is 188 Å². The second-order valence-electron chi connectivity index (χ2n) is 9.01. The van der Waals surface area contributed by atoms with Crippen LogP contribution in [0.3, 0.4) is 0 Å². The Kier molecular flexibility index (Phi) is 5.03. The Hall–Kier alpha value is -3.89. The fourth-order valence-corrected chi connectivity index (χ4v) is 4.22. The summed E-state index contributed by atoms with van der Waals surface area (Å²) in [5.41, 5.74) is 1.67. The third-order valence-electron chi connectivity index (χ3n) is 5.84. The molecule has 1 aromatic carbocycles. The van der Waals surface area contributed by atoms with Crippen molar-refractivity contribution >= 4 is 11.9 Å². The summed E-state index contributed by atoms with van der Waals surface area (Å²) in [6.45, 7) is 4.00. The predicted molar refractivity (Wildman–Crippen MR) is 112 cm³/mol. The van der Waals surface area contributed by atoms with Crippen molar-refractivity contribution in [3.63, 3.8) is 0 Å². The van der Waals surface area contributed by atoms with E-state index >= 15 is 0 Å². The number of carbonyl (C=O) groups is 2. The Morgan fingerprint density at radius 3 is 2.88 bits per heavy atom. The number of imidazole rings is 1. The molecule has 0 aliphatic carbocycles. The highest BCUT2D eigenvalue weighted by Gasteiger charge is 2.38. The highest BCUT2D eigenvalue weighted by Crippen LogP contribution is 2.37. The summed E-state index contributed by atoms with van der Waals surface area (Å²) in [5, 5.41) is 13.3. The van der Waals surface area contributed by atoms with E-state index in [4.69, 9.17) is 14.0 Å². The smallest absolute Gasteiger partial charge is 0.303 e. The fraction of sp³-hybridized carbons (Fsp3) is 0.409. The Balaban J connectivity index is 1.43. The van der Waals surface area contributed by atoms with Gasteiger partial charge in [-0.3, -0.25) is 9.59 Å². The van der Waals surface area contributed by atoms with Gasteiger partial charge in [-0.1, -0.05) is 19.0 Å². The monoisotopic (exact) mass is 453 g/mol. The molecule has 0 bridgehead atoms. The van der Waals surface area contributed by atoms with Crippen LogP contribution >= 0.6 is 0 Å². The van der Waals surface area contributed by atoms with E-state index in [1.807, 2.05) is 6.07 Å². The SMILES string of the molecule is CC(C)(CC(=O)O)CC(=O)N1Cc2[nH]cnc2CC1c1nc(-c2ccc3c(c2)OCO3)no1. The molecule has 2 aliphatic rings. The van der Waals surface area contributed by atoms with Crippen molar-refractivity contribution in [3.05, 3.63) is 41.8 Å². The van der Waals surface area contributed by atoms with Crippen LogP contribution in [0.4, 0.5) is 0 Å². The van der Waals surface area contributed by atoms with Crippen LogP contribution in [0.2, 0.25) is 0 Å². The number of nitrogens with zero attached hydrogens (tertiary/aromatic N) is 4. The number of hydrogen-bond acceptors (Lipinski definition) is 8. The number of nitrogens with one attached hydrogen (secondary N) is 1. The zero-order valence-electron chi connectivity index (χ0n) is 18.2. The molecule has 0 saturated carbocycles. The van der Waals surface area contributed by atoms with E-state index in [-0.39, 0.29) is 25.5 Å². The summed E-state index contributed by atoms with van der Waals surface area (Å²) < 4.78 is 16.3. The molecule has 11 heteroatoms. The molecule has 0 spiro atoms. The number of carbonyl (C=O) groups excluding carboxylic acids is 1. The molecular weight excluding hydrogens is 430 g/mol. The van der Waals surface area contributed by atoms with Crippen LogP contribution in [0.15, 0.2) is 29.0 Å². The molecular formula is C22H23N5O6. The van der Waals surface area contributed by atoms with E-state index in [2.05, 4.69) is 20.1 Å². The summed E-state index contributed by atoms with van der Waals surface area (Å²) in [7, 11) is 0. The van der Waals surface area contributed by atoms with Crippen LogP contribution in [0.25, 0.3) is 11.4 Å². The highest BCUT2D eigenvalue weighted by molar-refractivity contribution is 5.79. The summed E-state index contributed by atoms with van der Waals surface area (Å²) >= 11 is 0. The van der Waals surface area contributed by atoms with Crippen molar-refractivity contribution < 1.29 is 28.7 Å². The van der Waals surface area contributed by atoms with Gasteiger partial charge in [0.25, 0.3) is 0 Å². The van der Waals surface area contributed by atoms with Crippen molar-refractivity contribution in [3.8, 4) is 22.9 Å². The fourth-order valence-electron chi connectivity index (χ4n) is 4.22. The normalized spacial score (nSPS) is 17.2. The first-order valence-corrected chi connectivity index (χ1v) is 10.5. The number of benzene rings is 1. The van der Waals surface area contributed by atoms with Gasteiger partial charge in [-0.15, -0.1) is 0 Å². The number of carboxylic acid groups (broad SMARTS) is 1. The first-order chi connectivity index (χ1) is 15.8. The molecule has 2 aromatic heterocycles. The lowest BCUT2D eigenvalue weighted by atomic mass is 9.84. The number of ether oxygens (including phenoxy) is 2. The summed E-state index contributed by atoms with van der Waals surface area (Å²) in [6, 6.07) is 4.86. The number of hydrogen-bond donors (Lipinski definition) is 2. The minimum Gasteiger partial charge on any atom is -0.481 e. The zero-order valence-corrected chi connectivity index (χ0v) is 18.2. The number of fused-ring (bicyclic) bond motifs is 2. The second-order valence-corrected chi connectivity index (χ2v) is 9.01. The number of aliphatic carboxylic acids is 1. The number of H-pyrrole nitrogens is 1. The predicted octanol–water partition coefficient (Wildman–Crippen LogP) is 2.71. The Morgan fingerprint density at radius 1 is 1.24 bits per heavy atom. The molecule has 2 aliphatic heterocycles. The maximum absolute atomic E-state index is 13.3. The lowest BCUT2D eigenvalue weighted by molar-refractivity contribution is -0.142. The number of rotatable bonds is 6. The second kappa shape index (κ2) is 7.91. The van der Waals surface area contributed by atoms with Crippen molar-refractivity contribution in [2.45, 2.75) is 45.7 Å². The Bertz CT molecular complexity index is 1220. The van der Waals surface area contributed by atoms with Gasteiger partial charge in [0.1, 0.15) is 6.04 Å². The van der Waals surface area contributed by atoms with Gasteiger partial charge in [0.2, 0.25) is 24.4 Å². The third-order valence-corrected chi connectivity index (χ3v) is 5.84. The van der Waals surface area contributed by atoms with Crippen LogP contribution in [0.1, 0.15) is 50.0 Å². The van der Waals surface area contributed by atoms with Gasteiger partial charge >= 0.3 is 5.97 Å². The molecule has 0 fully saturated rings. The number of aromatic nitrogens is 4. The summed E-state index contributed by atoms with van der Waals surface area (Å²) in [6.07, 6.45) is 1.96. The molecule has 1 unspecified atom stereocenters. The van der Waals surface area contributed by atoms with Gasteiger partial charge in [0, 0.05) is 18.4 Å². The van der Waals surface area contributed by atoms with Crippen molar-refractivity contribution in [1.82, 2.24) is 25.0 Å². The molecule has 33 heavy (non-hydrogen) atoms. The zero-order chi connectivity index (χ0) is 23.2. The molecule has 1 amide bonds. The number of carboxylic acids is 1. The highest BCUT2D eigenvalue weighted by atomic mass is 16.7. The average molecular weight is 453 g/mol. The molecule has 1 atom stereocenters. The topological polar surface area (TPSA) is 144 Å². The molecule has 0 saturated heterocycles. The average Bonchev–Trinajstić information content (AvgIpc) is 3.50. The maximum atomic E-state index is 13.3. The van der Waals surface area contributed by atoms with E-state index in [1.54, 1.807) is 37.2 Å². The van der Waals surface area contributed by atoms with Gasteiger partial charge in [-0.25, -0.2) is 4.98 Å². The number of aromatic amines is 1. The van der Waals surface area contributed by atoms with Crippen molar-refractivity contribution in [2.24, 2.45) is 5.41 Å². The van der Waals surface area contributed by atoms with E-state index < -0.39 is 17.4 Å². The van der Waals surface area contributed by atoms with Gasteiger partial charge in [0.05, 0.1) is 30.7 Å². The first kappa shape index (κ1) is 21.0. The standard InChI is InChI=1S/C22H23N5O6/c1-22(2,8-19(29)30)7-18(28)27-9-14-13(23-10-24-14)6-15(27)21-25-20(26-33-21)12-3-4-16-17(5-12)32-11-31-16/h3-5,10,15H,6-9,11H2,1-2H3,(H,23,24)(H,29,30). The maximum Gasteiger partial charge on any atom is 0.303 e. The minimum absolute atomic E-state index is 0.0719.